The van der Waals surface area contributed by atoms with Crippen LogP contribution in [0, 0.1) is 0 Å². The number of aromatic nitrogens is 3. The fraction of sp³-hybridized carbons (Fsp3) is 0.0588. The van der Waals surface area contributed by atoms with Crippen molar-refractivity contribution < 1.29 is 0 Å². The zero-order chi connectivity index (χ0) is 25.1. The van der Waals surface area contributed by atoms with E-state index in [1.807, 2.05) is 23.5 Å². The van der Waals surface area contributed by atoms with Gasteiger partial charge in [-0.3, -0.25) is 4.57 Å². The molecule has 3 heterocycles. The fourth-order valence-electron chi connectivity index (χ4n) is 5.74. The highest BCUT2D eigenvalue weighted by molar-refractivity contribution is 7.21. The minimum atomic E-state index is 0.700. The highest BCUT2D eigenvalue weighted by atomic mass is 32.1. The number of nitrogens with zero attached hydrogens (tertiary/aromatic N) is 3. The van der Waals surface area contributed by atoms with Crippen molar-refractivity contribution in [1.29, 1.82) is 0 Å². The smallest absolute Gasteiger partial charge is 0.235 e. The Morgan fingerprint density at radius 2 is 1.32 bits per heavy atom. The number of aryl methyl sites for hydroxylation is 1. The first-order valence-corrected chi connectivity index (χ1v) is 13.8. The van der Waals surface area contributed by atoms with Crippen LogP contribution in [0.4, 0.5) is 0 Å². The standard InChI is InChI=1S/C34H23N3S/c1-3-11-22(12-4-1)28-21-29(23-13-5-2-6-14-23)36-34(35-28)37-30-17-9-7-15-24(30)26-19-20-27-25-16-8-10-18-31(25)38-33(27)32(26)37/h1-7,9-15,17-21H,8,16H2. The van der Waals surface area contributed by atoms with E-state index in [1.54, 1.807) is 0 Å². The maximum atomic E-state index is 5.20. The quantitative estimate of drug-likeness (QED) is 0.240. The maximum absolute atomic E-state index is 5.20. The van der Waals surface area contributed by atoms with Gasteiger partial charge in [-0.2, -0.15) is 0 Å². The van der Waals surface area contributed by atoms with E-state index < -0.39 is 0 Å². The lowest BCUT2D eigenvalue weighted by Gasteiger charge is -2.12. The molecular formula is C34H23N3S. The van der Waals surface area contributed by atoms with Gasteiger partial charge in [0.25, 0.3) is 0 Å². The molecule has 0 atom stereocenters. The molecule has 0 aliphatic heterocycles. The third-order valence-electron chi connectivity index (χ3n) is 7.51. The normalized spacial score (nSPS) is 12.9. The van der Waals surface area contributed by atoms with Gasteiger partial charge >= 0.3 is 0 Å². The summed E-state index contributed by atoms with van der Waals surface area (Å²) < 4.78 is 3.60. The molecule has 1 aliphatic rings. The van der Waals surface area contributed by atoms with E-state index in [0.717, 1.165) is 40.9 Å². The second-order valence-corrected chi connectivity index (χ2v) is 10.8. The van der Waals surface area contributed by atoms with Crippen LogP contribution >= 0.6 is 11.3 Å². The Kier molecular flexibility index (Phi) is 4.82. The summed E-state index contributed by atoms with van der Waals surface area (Å²) in [6.45, 7) is 0. The lowest BCUT2D eigenvalue weighted by molar-refractivity contribution is 0.997. The van der Waals surface area contributed by atoms with Crippen molar-refractivity contribution in [1.82, 2.24) is 14.5 Å². The van der Waals surface area contributed by atoms with Gasteiger partial charge < -0.3 is 0 Å². The average molecular weight is 506 g/mol. The highest BCUT2D eigenvalue weighted by Crippen LogP contribution is 2.43. The van der Waals surface area contributed by atoms with Crippen molar-refractivity contribution in [2.45, 2.75) is 12.8 Å². The first kappa shape index (κ1) is 21.5. The number of benzene rings is 4. The summed E-state index contributed by atoms with van der Waals surface area (Å²) in [4.78, 5) is 11.8. The first-order chi connectivity index (χ1) is 18.8. The zero-order valence-electron chi connectivity index (χ0n) is 20.6. The molecule has 0 saturated heterocycles. The molecular weight excluding hydrogens is 482 g/mol. The van der Waals surface area contributed by atoms with Gasteiger partial charge in [0.1, 0.15) is 0 Å². The van der Waals surface area contributed by atoms with Crippen molar-refractivity contribution in [3.05, 3.63) is 120 Å². The largest absolute Gasteiger partial charge is 0.276 e. The molecule has 38 heavy (non-hydrogen) atoms. The van der Waals surface area contributed by atoms with Crippen LogP contribution in [0.5, 0.6) is 0 Å². The molecule has 0 spiro atoms. The molecule has 3 nitrogen and oxygen atoms in total. The van der Waals surface area contributed by atoms with Gasteiger partial charge in [-0.15, -0.1) is 11.3 Å². The van der Waals surface area contributed by atoms with Gasteiger partial charge in [0.15, 0.2) is 0 Å². The number of hydrogen-bond acceptors (Lipinski definition) is 3. The monoisotopic (exact) mass is 505 g/mol. The number of thiophene rings is 1. The Bertz CT molecular complexity index is 1960. The second-order valence-electron chi connectivity index (χ2n) is 9.75. The molecule has 4 heteroatoms. The molecule has 0 bridgehead atoms. The Morgan fingerprint density at radius 3 is 2.05 bits per heavy atom. The van der Waals surface area contributed by atoms with E-state index in [4.69, 9.17) is 9.97 Å². The Hall–Kier alpha value is -4.54. The van der Waals surface area contributed by atoms with Gasteiger partial charge in [-0.1, -0.05) is 97.1 Å². The lowest BCUT2D eigenvalue weighted by Crippen LogP contribution is -2.04. The van der Waals surface area contributed by atoms with E-state index in [0.29, 0.717) is 5.95 Å². The molecule has 3 aromatic heterocycles. The average Bonchev–Trinajstić information content (AvgIpc) is 3.54. The van der Waals surface area contributed by atoms with Crippen LogP contribution in [-0.2, 0) is 6.42 Å². The summed E-state index contributed by atoms with van der Waals surface area (Å²) >= 11 is 1.89. The summed E-state index contributed by atoms with van der Waals surface area (Å²) in [5, 5.41) is 3.82. The summed E-state index contributed by atoms with van der Waals surface area (Å²) in [7, 11) is 0. The molecule has 7 aromatic rings. The number of hydrogen-bond donors (Lipinski definition) is 0. The Balaban J connectivity index is 1.50. The fourth-order valence-corrected chi connectivity index (χ4v) is 7.06. The zero-order valence-corrected chi connectivity index (χ0v) is 21.5. The highest BCUT2D eigenvalue weighted by Gasteiger charge is 2.22. The number of allylic oxidation sites excluding steroid dienone is 1. The van der Waals surface area contributed by atoms with E-state index >= 15 is 0 Å². The molecule has 0 fully saturated rings. The number of para-hydroxylation sites is 1. The molecule has 0 amide bonds. The molecule has 1 aliphatic carbocycles. The number of rotatable bonds is 3. The second kappa shape index (κ2) is 8.51. The lowest BCUT2D eigenvalue weighted by atomic mass is 10.0. The van der Waals surface area contributed by atoms with E-state index in [-0.39, 0.29) is 0 Å². The van der Waals surface area contributed by atoms with Crippen molar-refractivity contribution in [2.75, 3.05) is 0 Å². The predicted octanol–water partition coefficient (Wildman–Crippen LogP) is 9.08. The van der Waals surface area contributed by atoms with Gasteiger partial charge in [0.2, 0.25) is 5.95 Å². The number of fused-ring (bicyclic) bond motifs is 7. The summed E-state index contributed by atoms with van der Waals surface area (Å²) in [5.74, 6) is 0.700. The molecule has 0 saturated carbocycles. The molecule has 0 unspecified atom stereocenters. The van der Waals surface area contributed by atoms with Crippen LogP contribution in [-0.4, -0.2) is 14.5 Å². The Labute approximate surface area is 224 Å². The van der Waals surface area contributed by atoms with Gasteiger partial charge in [0.05, 0.1) is 27.1 Å². The minimum absolute atomic E-state index is 0.700. The predicted molar refractivity (Wildman–Crippen MR) is 160 cm³/mol. The maximum Gasteiger partial charge on any atom is 0.235 e. The summed E-state index contributed by atoms with van der Waals surface area (Å²) in [6.07, 6.45) is 6.78. The molecule has 0 radical (unpaired) electrons. The molecule has 8 rings (SSSR count). The van der Waals surface area contributed by atoms with Crippen molar-refractivity contribution >= 4 is 49.3 Å². The molecule has 4 aromatic carbocycles. The summed E-state index contributed by atoms with van der Waals surface area (Å²) in [5.41, 5.74) is 7.78. The molecule has 180 valence electrons. The third-order valence-corrected chi connectivity index (χ3v) is 8.73. The third kappa shape index (κ3) is 3.27. The van der Waals surface area contributed by atoms with Crippen LogP contribution < -0.4 is 0 Å². The van der Waals surface area contributed by atoms with Crippen LogP contribution in [0.25, 0.3) is 66.4 Å². The topological polar surface area (TPSA) is 30.7 Å². The van der Waals surface area contributed by atoms with E-state index in [2.05, 4.69) is 108 Å². The van der Waals surface area contributed by atoms with Crippen molar-refractivity contribution in [3.63, 3.8) is 0 Å². The van der Waals surface area contributed by atoms with Crippen LogP contribution in [0.2, 0.25) is 0 Å². The van der Waals surface area contributed by atoms with Crippen LogP contribution in [0.3, 0.4) is 0 Å². The molecule has 0 N–H and O–H groups in total. The van der Waals surface area contributed by atoms with Crippen molar-refractivity contribution in [2.24, 2.45) is 0 Å². The van der Waals surface area contributed by atoms with Gasteiger partial charge in [-0.25, -0.2) is 9.97 Å². The van der Waals surface area contributed by atoms with Gasteiger partial charge in [-0.05, 0) is 42.0 Å². The van der Waals surface area contributed by atoms with E-state index in [1.165, 1.54) is 36.8 Å². The van der Waals surface area contributed by atoms with Crippen LogP contribution in [0.1, 0.15) is 16.9 Å². The Morgan fingerprint density at radius 1 is 0.658 bits per heavy atom. The van der Waals surface area contributed by atoms with Crippen LogP contribution in [0.15, 0.2) is 109 Å². The minimum Gasteiger partial charge on any atom is -0.276 e. The van der Waals surface area contributed by atoms with E-state index in [9.17, 15) is 0 Å². The summed E-state index contributed by atoms with van der Waals surface area (Å²) in [6, 6.07) is 36.1. The van der Waals surface area contributed by atoms with Gasteiger partial charge in [0, 0.05) is 26.8 Å². The first-order valence-electron chi connectivity index (χ1n) is 13.0. The van der Waals surface area contributed by atoms with Crippen molar-refractivity contribution in [3.8, 4) is 28.5 Å². The SMILES string of the molecule is C1=Cc2sc3c(ccc4c5ccccc5n(-c5nc(-c6ccccc6)cc(-c6ccccc6)n5)c43)c2CC1.